The minimum Gasteiger partial charge on any atom is -0.360 e. The number of likely N-dealkylation sites (tertiary alicyclic amines) is 1. The topological polar surface area (TPSA) is 23.6 Å². The molecule has 5 atom stereocenters. The van der Waals surface area contributed by atoms with Crippen molar-refractivity contribution in [2.24, 2.45) is 17.3 Å². The Bertz CT molecular complexity index is 922. The van der Waals surface area contributed by atoms with Crippen LogP contribution in [-0.2, 0) is 10.2 Å². The van der Waals surface area contributed by atoms with Gasteiger partial charge in [-0.3, -0.25) is 4.79 Å². The molecule has 0 aromatic heterocycles. The van der Waals surface area contributed by atoms with Crippen LogP contribution in [0, 0.1) is 23.1 Å². The molecule has 166 valence electrons. The van der Waals surface area contributed by atoms with Crippen LogP contribution in [0.2, 0.25) is 0 Å². The van der Waals surface area contributed by atoms with E-state index in [2.05, 4.69) is 9.80 Å². The third kappa shape index (κ3) is 2.69. The number of carbonyl (C=O) groups is 1. The van der Waals surface area contributed by atoms with Crippen LogP contribution in [0.25, 0.3) is 0 Å². The maximum atomic E-state index is 14.4. The SMILES string of the molecule is O=C1CCCCC1N1CC2(CCN(C3CC4CCC5CC45C3)CC2)c2cc(F)ccc21. The van der Waals surface area contributed by atoms with Gasteiger partial charge in [0.1, 0.15) is 5.82 Å². The molecule has 0 N–H and O–H groups in total. The van der Waals surface area contributed by atoms with Crippen LogP contribution in [0.1, 0.15) is 76.2 Å². The molecule has 3 nitrogen and oxygen atoms in total. The zero-order chi connectivity index (χ0) is 20.8. The lowest BCUT2D eigenvalue weighted by molar-refractivity contribution is -0.121. The van der Waals surface area contributed by atoms with Crippen LogP contribution < -0.4 is 4.90 Å². The molecule has 2 aliphatic heterocycles. The molecule has 1 aromatic rings. The summed E-state index contributed by atoms with van der Waals surface area (Å²) in [5, 5.41) is 0. The van der Waals surface area contributed by atoms with E-state index in [-0.39, 0.29) is 17.3 Å². The third-order valence-corrected chi connectivity index (χ3v) is 10.6. The Hall–Kier alpha value is -1.42. The fraction of sp³-hybridized carbons (Fsp3) is 0.741. The Morgan fingerprint density at radius 2 is 1.84 bits per heavy atom. The molecule has 0 bridgehead atoms. The molecule has 1 saturated heterocycles. The molecule has 2 heterocycles. The lowest BCUT2D eigenvalue weighted by Gasteiger charge is -2.43. The van der Waals surface area contributed by atoms with Gasteiger partial charge in [-0.25, -0.2) is 4.39 Å². The van der Waals surface area contributed by atoms with Crippen molar-refractivity contribution in [2.45, 2.75) is 88.1 Å². The number of carbonyl (C=O) groups excluding carboxylic acids is 1. The lowest BCUT2D eigenvalue weighted by Crippen LogP contribution is -2.50. The molecule has 0 amide bonds. The number of piperidine rings is 1. The highest BCUT2D eigenvalue weighted by Gasteiger charge is 2.66. The Morgan fingerprint density at radius 3 is 2.61 bits per heavy atom. The molecule has 4 heteroatoms. The Labute approximate surface area is 185 Å². The molecular weight excluding hydrogens is 387 g/mol. The Morgan fingerprint density at radius 1 is 1.00 bits per heavy atom. The molecule has 7 rings (SSSR count). The second-order valence-corrected chi connectivity index (χ2v) is 11.8. The summed E-state index contributed by atoms with van der Waals surface area (Å²) in [6.45, 7) is 3.19. The molecule has 31 heavy (non-hydrogen) atoms. The van der Waals surface area contributed by atoms with Crippen LogP contribution in [0.4, 0.5) is 10.1 Å². The maximum Gasteiger partial charge on any atom is 0.155 e. The van der Waals surface area contributed by atoms with E-state index >= 15 is 0 Å². The van der Waals surface area contributed by atoms with Crippen molar-refractivity contribution < 1.29 is 9.18 Å². The lowest BCUT2D eigenvalue weighted by atomic mass is 9.74. The van der Waals surface area contributed by atoms with Gasteiger partial charge in [0.15, 0.2) is 5.78 Å². The van der Waals surface area contributed by atoms with Crippen molar-refractivity contribution in [3.63, 3.8) is 0 Å². The van der Waals surface area contributed by atoms with Crippen LogP contribution >= 0.6 is 0 Å². The van der Waals surface area contributed by atoms with Gasteiger partial charge in [0.05, 0.1) is 6.04 Å². The van der Waals surface area contributed by atoms with E-state index in [0.29, 0.717) is 12.2 Å². The van der Waals surface area contributed by atoms with E-state index in [1.54, 1.807) is 12.1 Å². The van der Waals surface area contributed by atoms with Crippen molar-refractivity contribution in [3.8, 4) is 0 Å². The predicted octanol–water partition coefficient (Wildman–Crippen LogP) is 5.07. The highest BCUT2D eigenvalue weighted by Crippen LogP contribution is 2.73. The number of rotatable bonds is 2. The van der Waals surface area contributed by atoms with Gasteiger partial charge < -0.3 is 9.80 Å². The van der Waals surface area contributed by atoms with E-state index in [1.165, 1.54) is 37.7 Å². The van der Waals surface area contributed by atoms with Crippen molar-refractivity contribution in [3.05, 3.63) is 29.6 Å². The van der Waals surface area contributed by atoms with E-state index in [4.69, 9.17) is 0 Å². The van der Waals surface area contributed by atoms with E-state index < -0.39 is 0 Å². The molecule has 5 unspecified atom stereocenters. The number of Topliss-reactive ketones (excluding diaryl/α,β-unsaturated/α-hetero) is 1. The number of benzene rings is 1. The fourth-order valence-corrected chi connectivity index (χ4v) is 8.87. The number of nitrogens with zero attached hydrogens (tertiary/aromatic N) is 2. The average molecular weight is 423 g/mol. The highest BCUT2D eigenvalue weighted by molar-refractivity contribution is 5.89. The third-order valence-electron chi connectivity index (χ3n) is 10.6. The quantitative estimate of drug-likeness (QED) is 0.665. The summed E-state index contributed by atoms with van der Waals surface area (Å²) in [5.74, 6) is 2.34. The number of hydrogen-bond acceptors (Lipinski definition) is 3. The van der Waals surface area contributed by atoms with Gasteiger partial charge >= 0.3 is 0 Å². The Balaban J connectivity index is 1.12. The number of ketones is 1. The number of anilines is 1. The molecule has 5 fully saturated rings. The first-order valence-corrected chi connectivity index (χ1v) is 12.9. The predicted molar refractivity (Wildman–Crippen MR) is 120 cm³/mol. The van der Waals surface area contributed by atoms with Crippen LogP contribution in [0.3, 0.4) is 0 Å². The highest BCUT2D eigenvalue weighted by atomic mass is 19.1. The standard InChI is InChI=1S/C27H35FN2O/c28-20-7-8-23-22(14-20)26(17-30(23)24-3-1-2-4-25(24)31)9-11-29(12-10-26)21-13-18-5-6-19-15-27(18,19)16-21/h7-8,14,18-19,21,24H,1-6,9-13,15-17H2. The first kappa shape index (κ1) is 19.1. The molecule has 0 radical (unpaired) electrons. The summed E-state index contributed by atoms with van der Waals surface area (Å²) >= 11 is 0. The summed E-state index contributed by atoms with van der Waals surface area (Å²) in [5.41, 5.74) is 3.11. The number of fused-ring (bicyclic) bond motifs is 2. The smallest absolute Gasteiger partial charge is 0.155 e. The minimum atomic E-state index is -0.125. The summed E-state index contributed by atoms with van der Waals surface area (Å²) in [7, 11) is 0. The second kappa shape index (κ2) is 6.56. The van der Waals surface area contributed by atoms with Gasteiger partial charge in [0.25, 0.3) is 0 Å². The maximum absolute atomic E-state index is 14.4. The first-order valence-electron chi connectivity index (χ1n) is 12.9. The molecule has 6 aliphatic rings. The summed E-state index contributed by atoms with van der Waals surface area (Å²) in [6.07, 6.45) is 13.4. The zero-order valence-corrected chi connectivity index (χ0v) is 18.6. The Kier molecular flexibility index (Phi) is 4.04. The van der Waals surface area contributed by atoms with Crippen molar-refractivity contribution in [2.75, 3.05) is 24.5 Å². The zero-order valence-electron chi connectivity index (χ0n) is 18.6. The fourth-order valence-electron chi connectivity index (χ4n) is 8.87. The average Bonchev–Trinajstić information content (AvgIpc) is 3.04. The first-order chi connectivity index (χ1) is 15.1. The number of hydrogen-bond donors (Lipinski definition) is 0. The van der Waals surface area contributed by atoms with Crippen LogP contribution in [-0.4, -0.2) is 42.4 Å². The van der Waals surface area contributed by atoms with Gasteiger partial charge in [-0.1, -0.05) is 6.42 Å². The summed E-state index contributed by atoms with van der Waals surface area (Å²) < 4.78 is 14.4. The van der Waals surface area contributed by atoms with E-state index in [9.17, 15) is 9.18 Å². The van der Waals surface area contributed by atoms with E-state index in [0.717, 1.165) is 80.7 Å². The van der Waals surface area contributed by atoms with Gasteiger partial charge in [0, 0.05) is 30.1 Å². The molecule has 4 aliphatic carbocycles. The van der Waals surface area contributed by atoms with Crippen LogP contribution in [0.5, 0.6) is 0 Å². The van der Waals surface area contributed by atoms with Gasteiger partial charge in [-0.05, 0) is 112 Å². The molecular formula is C27H35FN2O. The van der Waals surface area contributed by atoms with Gasteiger partial charge in [0.2, 0.25) is 0 Å². The number of halogens is 1. The normalized spacial score (nSPS) is 40.8. The van der Waals surface area contributed by atoms with Crippen LogP contribution in [0.15, 0.2) is 18.2 Å². The molecule has 4 saturated carbocycles. The second-order valence-electron chi connectivity index (χ2n) is 11.8. The van der Waals surface area contributed by atoms with Crippen molar-refractivity contribution in [1.29, 1.82) is 0 Å². The molecule has 1 aromatic carbocycles. The largest absolute Gasteiger partial charge is 0.360 e. The van der Waals surface area contributed by atoms with E-state index in [1.807, 2.05) is 6.07 Å². The van der Waals surface area contributed by atoms with Crippen molar-refractivity contribution >= 4 is 11.5 Å². The summed E-state index contributed by atoms with van der Waals surface area (Å²) in [6, 6.07) is 6.15. The monoisotopic (exact) mass is 422 g/mol. The van der Waals surface area contributed by atoms with Gasteiger partial charge in [-0.15, -0.1) is 0 Å². The molecule has 2 spiro atoms. The minimum absolute atomic E-state index is 0.00970. The van der Waals surface area contributed by atoms with Crippen molar-refractivity contribution in [1.82, 2.24) is 4.90 Å². The van der Waals surface area contributed by atoms with Gasteiger partial charge in [-0.2, -0.15) is 0 Å². The summed E-state index contributed by atoms with van der Waals surface area (Å²) in [4.78, 5) is 17.9.